The van der Waals surface area contributed by atoms with Gasteiger partial charge in [-0.3, -0.25) is 0 Å². The van der Waals surface area contributed by atoms with Gasteiger partial charge >= 0.3 is 5.95 Å². The van der Waals surface area contributed by atoms with Gasteiger partial charge in [-0.1, -0.05) is 6.42 Å². The Balaban J connectivity index is 2.01. The van der Waals surface area contributed by atoms with E-state index in [1.165, 1.54) is 12.7 Å². The third kappa shape index (κ3) is 1.15. The van der Waals surface area contributed by atoms with Crippen molar-refractivity contribution in [3.8, 4) is 0 Å². The van der Waals surface area contributed by atoms with E-state index in [0.29, 0.717) is 0 Å². The number of aliphatic hydroxyl groups excluding tert-OH is 1. The molecule has 0 aromatic carbocycles. The second kappa shape index (κ2) is 2.32. The first kappa shape index (κ1) is 6.83. The largest absolute Gasteiger partial charge is 0.479 e. The predicted octanol–water partition coefficient (Wildman–Crippen LogP) is 2.05. The molecule has 1 spiro atoms. The molecule has 62 valence electrons. The Morgan fingerprint density at radius 2 is 2.00 bits per heavy atom. The molecule has 3 heteroatoms. The molecule has 1 aliphatic heterocycles. The lowest BCUT2D eigenvalue weighted by atomic mass is 9.94. The Morgan fingerprint density at radius 3 is 2.55 bits per heavy atom. The summed E-state index contributed by atoms with van der Waals surface area (Å²) in [4.78, 5) is 0. The zero-order valence-corrected chi connectivity index (χ0v) is 6.38. The van der Waals surface area contributed by atoms with Crippen LogP contribution in [0, 0.1) is 0 Å². The highest BCUT2D eigenvalue weighted by molar-refractivity contribution is 4.90. The van der Waals surface area contributed by atoms with E-state index >= 15 is 0 Å². The summed E-state index contributed by atoms with van der Waals surface area (Å²) in [5.41, 5.74) is 0. The van der Waals surface area contributed by atoms with Gasteiger partial charge in [0, 0.05) is 12.8 Å². The van der Waals surface area contributed by atoms with Crippen molar-refractivity contribution < 1.29 is 14.6 Å². The first-order valence-corrected chi connectivity index (χ1v) is 4.07. The Kier molecular flexibility index (Phi) is 1.44. The molecule has 0 aromatic heterocycles. The predicted molar refractivity (Wildman–Crippen MR) is 38.7 cm³/mol. The molecule has 1 aliphatic carbocycles. The van der Waals surface area contributed by atoms with Gasteiger partial charge in [-0.25, -0.2) is 0 Å². The maximum atomic E-state index is 8.96. The molecule has 0 amide bonds. The maximum absolute atomic E-state index is 8.96. The third-order valence-electron chi connectivity index (χ3n) is 2.28. The fourth-order valence-corrected chi connectivity index (χ4v) is 1.71. The van der Waals surface area contributed by atoms with Crippen LogP contribution < -0.4 is 0 Å². The second-order valence-electron chi connectivity index (χ2n) is 3.15. The molecule has 3 nitrogen and oxygen atoms in total. The van der Waals surface area contributed by atoms with Crippen molar-refractivity contribution in [1.29, 1.82) is 0 Å². The van der Waals surface area contributed by atoms with E-state index in [1.807, 2.05) is 0 Å². The molecule has 0 radical (unpaired) electrons. The zero-order valence-electron chi connectivity index (χ0n) is 6.38. The molecule has 0 aromatic rings. The summed E-state index contributed by atoms with van der Waals surface area (Å²) >= 11 is 0. The lowest BCUT2D eigenvalue weighted by Crippen LogP contribution is -2.32. The van der Waals surface area contributed by atoms with Crippen LogP contribution in [0.15, 0.2) is 12.2 Å². The minimum absolute atomic E-state index is 0.0769. The third-order valence-corrected chi connectivity index (χ3v) is 2.28. The van der Waals surface area contributed by atoms with Crippen LogP contribution in [-0.4, -0.2) is 10.9 Å². The van der Waals surface area contributed by atoms with E-state index < -0.39 is 5.79 Å². The average molecular weight is 156 g/mol. The molecule has 1 N–H and O–H groups in total. The van der Waals surface area contributed by atoms with Gasteiger partial charge in [-0.2, -0.15) is 0 Å². The van der Waals surface area contributed by atoms with Crippen LogP contribution >= 0.6 is 0 Å². The lowest BCUT2D eigenvalue weighted by Gasteiger charge is -2.30. The summed E-state index contributed by atoms with van der Waals surface area (Å²) in [7, 11) is 0. The molecule has 0 unspecified atom stereocenters. The smallest absolute Gasteiger partial charge is 0.316 e. The van der Waals surface area contributed by atoms with Crippen LogP contribution in [0.1, 0.15) is 32.1 Å². The summed E-state index contributed by atoms with van der Waals surface area (Å²) in [6, 6.07) is 0. The van der Waals surface area contributed by atoms with Crippen LogP contribution in [0.5, 0.6) is 0 Å². The topological polar surface area (TPSA) is 38.7 Å². The Labute approximate surface area is 65.6 Å². The van der Waals surface area contributed by atoms with Crippen molar-refractivity contribution in [2.75, 3.05) is 0 Å². The van der Waals surface area contributed by atoms with E-state index in [-0.39, 0.29) is 5.95 Å². The number of hydrogen-bond acceptors (Lipinski definition) is 3. The highest BCUT2D eigenvalue weighted by Gasteiger charge is 2.40. The molecule has 11 heavy (non-hydrogen) atoms. The molecule has 0 bridgehead atoms. The highest BCUT2D eigenvalue weighted by Crippen LogP contribution is 2.37. The SMILES string of the molecule is OC1=COC2(CCCCC2)O1. The van der Waals surface area contributed by atoms with Crippen molar-refractivity contribution >= 4 is 0 Å². The van der Waals surface area contributed by atoms with Gasteiger partial charge in [-0.05, 0) is 12.8 Å². The van der Waals surface area contributed by atoms with Gasteiger partial charge in [0.05, 0.1) is 0 Å². The van der Waals surface area contributed by atoms with E-state index in [4.69, 9.17) is 14.6 Å². The standard InChI is InChI=1S/C8H12O3/c9-7-6-10-8(11-7)4-2-1-3-5-8/h6,9H,1-5H2. The van der Waals surface area contributed by atoms with Crippen molar-refractivity contribution in [2.45, 2.75) is 37.9 Å². The zero-order chi connectivity index (χ0) is 7.73. The van der Waals surface area contributed by atoms with E-state index in [9.17, 15) is 0 Å². The lowest BCUT2D eigenvalue weighted by molar-refractivity contribution is -0.182. The molecule has 1 heterocycles. The van der Waals surface area contributed by atoms with E-state index in [2.05, 4.69) is 0 Å². The second-order valence-corrected chi connectivity index (χ2v) is 3.15. The monoisotopic (exact) mass is 156 g/mol. The summed E-state index contributed by atoms with van der Waals surface area (Å²) in [6.45, 7) is 0. The molecule has 1 fully saturated rings. The van der Waals surface area contributed by atoms with E-state index in [0.717, 1.165) is 25.7 Å². The minimum atomic E-state index is -0.498. The van der Waals surface area contributed by atoms with Gasteiger partial charge in [0.1, 0.15) is 0 Å². The molecule has 1 saturated carbocycles. The first-order valence-electron chi connectivity index (χ1n) is 4.07. The molecular formula is C8H12O3. The summed E-state index contributed by atoms with van der Waals surface area (Å²) in [6.07, 6.45) is 6.59. The van der Waals surface area contributed by atoms with Crippen LogP contribution in [0.3, 0.4) is 0 Å². The molecule has 2 rings (SSSR count). The molecule has 0 atom stereocenters. The Morgan fingerprint density at radius 1 is 1.27 bits per heavy atom. The maximum Gasteiger partial charge on any atom is 0.316 e. The highest BCUT2D eigenvalue weighted by atomic mass is 16.8. The van der Waals surface area contributed by atoms with Crippen molar-refractivity contribution in [3.63, 3.8) is 0 Å². The number of rotatable bonds is 0. The van der Waals surface area contributed by atoms with Crippen LogP contribution in [-0.2, 0) is 9.47 Å². The normalized spacial score (nSPS) is 27.5. The molecule has 0 saturated heterocycles. The summed E-state index contributed by atoms with van der Waals surface area (Å²) < 4.78 is 10.4. The van der Waals surface area contributed by atoms with Gasteiger partial charge in [-0.15, -0.1) is 0 Å². The number of aliphatic hydroxyl groups is 1. The van der Waals surface area contributed by atoms with Crippen molar-refractivity contribution in [1.82, 2.24) is 0 Å². The fourth-order valence-electron chi connectivity index (χ4n) is 1.71. The number of ether oxygens (including phenoxy) is 2. The quantitative estimate of drug-likeness (QED) is 0.583. The van der Waals surface area contributed by atoms with Gasteiger partial charge in [0.15, 0.2) is 6.26 Å². The number of hydrogen-bond donors (Lipinski definition) is 1. The molecule has 2 aliphatic rings. The fraction of sp³-hybridized carbons (Fsp3) is 0.750. The minimum Gasteiger partial charge on any atom is -0.479 e. The van der Waals surface area contributed by atoms with Crippen LogP contribution in [0.25, 0.3) is 0 Å². The van der Waals surface area contributed by atoms with E-state index in [1.54, 1.807) is 0 Å². The van der Waals surface area contributed by atoms with Crippen molar-refractivity contribution in [3.05, 3.63) is 12.2 Å². The van der Waals surface area contributed by atoms with Gasteiger partial charge in [0.25, 0.3) is 5.79 Å². The van der Waals surface area contributed by atoms with Gasteiger partial charge < -0.3 is 14.6 Å². The average Bonchev–Trinajstić information content (AvgIpc) is 2.34. The van der Waals surface area contributed by atoms with Crippen LogP contribution in [0.4, 0.5) is 0 Å². The summed E-state index contributed by atoms with van der Waals surface area (Å²) in [5.74, 6) is -0.575. The summed E-state index contributed by atoms with van der Waals surface area (Å²) in [5, 5.41) is 8.96. The van der Waals surface area contributed by atoms with Crippen LogP contribution in [0.2, 0.25) is 0 Å². The Hall–Kier alpha value is -0.860. The first-order chi connectivity index (χ1) is 5.31. The Bertz CT molecular complexity index is 180. The van der Waals surface area contributed by atoms with Crippen molar-refractivity contribution in [2.24, 2.45) is 0 Å². The van der Waals surface area contributed by atoms with Gasteiger partial charge in [0.2, 0.25) is 0 Å². The molecular weight excluding hydrogens is 144 g/mol.